The summed E-state index contributed by atoms with van der Waals surface area (Å²) in [5, 5.41) is 12.2. The quantitative estimate of drug-likeness (QED) is 0.732. The number of urea groups is 1. The van der Waals surface area contributed by atoms with Crippen LogP contribution in [0, 0.1) is 18.6 Å². The fourth-order valence-corrected chi connectivity index (χ4v) is 2.77. The van der Waals surface area contributed by atoms with Crippen LogP contribution in [0.25, 0.3) is 5.69 Å². The maximum Gasteiger partial charge on any atom is 0.315 e. The minimum absolute atomic E-state index is 0.135. The Bertz CT molecular complexity index is 892. The van der Waals surface area contributed by atoms with Crippen molar-refractivity contribution in [1.29, 1.82) is 0 Å². The van der Waals surface area contributed by atoms with Crippen molar-refractivity contribution in [3.05, 3.63) is 63.9 Å². The zero-order chi connectivity index (χ0) is 17.8. The monoisotopic (exact) mass is 363 g/mol. The molecular weight excluding hydrogens is 348 g/mol. The van der Waals surface area contributed by atoms with Crippen LogP contribution in [0.15, 0.2) is 36.0 Å². The van der Waals surface area contributed by atoms with Crippen molar-refractivity contribution in [2.75, 3.05) is 0 Å². The lowest BCUT2D eigenvalue weighted by atomic mass is 10.3. The van der Waals surface area contributed by atoms with Crippen molar-refractivity contribution in [3.8, 4) is 5.69 Å². The number of hydrogen-bond acceptors (Lipinski definition) is 4. The van der Waals surface area contributed by atoms with Gasteiger partial charge in [0, 0.05) is 29.8 Å². The Labute approximate surface area is 146 Å². The number of carbonyl (C=O) groups excluding carboxylic acids is 1. The lowest BCUT2D eigenvalue weighted by molar-refractivity contribution is 0.240. The highest BCUT2D eigenvalue weighted by Gasteiger charge is 2.09. The predicted octanol–water partition coefficient (Wildman–Crippen LogP) is 2.91. The second-order valence-corrected chi connectivity index (χ2v) is 6.35. The van der Waals surface area contributed by atoms with Crippen molar-refractivity contribution in [2.24, 2.45) is 0 Å². The van der Waals surface area contributed by atoms with Gasteiger partial charge >= 0.3 is 6.03 Å². The van der Waals surface area contributed by atoms with Crippen LogP contribution in [0.2, 0.25) is 0 Å². The van der Waals surface area contributed by atoms with Gasteiger partial charge in [-0.2, -0.15) is 5.10 Å². The molecule has 25 heavy (non-hydrogen) atoms. The molecule has 3 aromatic rings. The van der Waals surface area contributed by atoms with Gasteiger partial charge < -0.3 is 10.6 Å². The number of aryl methyl sites for hydroxylation is 1. The van der Waals surface area contributed by atoms with Gasteiger partial charge in [-0.25, -0.2) is 23.2 Å². The van der Waals surface area contributed by atoms with Crippen molar-refractivity contribution >= 4 is 17.4 Å². The molecule has 0 unspecified atom stereocenters. The second-order valence-electron chi connectivity index (χ2n) is 5.28. The number of carbonyl (C=O) groups is 1. The molecule has 0 aliphatic rings. The molecule has 2 heterocycles. The second kappa shape index (κ2) is 7.39. The molecule has 0 radical (unpaired) electrons. The first-order valence-corrected chi connectivity index (χ1v) is 8.31. The third-order valence-corrected chi connectivity index (χ3v) is 4.16. The molecule has 0 saturated carbocycles. The molecule has 0 fully saturated rings. The fraction of sp³-hybridized carbons (Fsp3) is 0.188. The average molecular weight is 363 g/mol. The van der Waals surface area contributed by atoms with E-state index in [2.05, 4.69) is 20.7 Å². The zero-order valence-electron chi connectivity index (χ0n) is 13.3. The number of halogens is 2. The highest BCUT2D eigenvalue weighted by Crippen LogP contribution is 2.14. The van der Waals surface area contributed by atoms with E-state index in [1.165, 1.54) is 28.3 Å². The first kappa shape index (κ1) is 17.0. The first-order valence-electron chi connectivity index (χ1n) is 7.43. The van der Waals surface area contributed by atoms with Crippen LogP contribution in [0.1, 0.15) is 16.3 Å². The van der Waals surface area contributed by atoms with E-state index in [9.17, 15) is 13.6 Å². The Morgan fingerprint density at radius 3 is 2.80 bits per heavy atom. The SMILES string of the molecule is Cc1nc(CNC(=O)NCc2cnn(-c3ccc(F)cc3F)c2)cs1. The van der Waals surface area contributed by atoms with Crippen molar-refractivity contribution in [3.63, 3.8) is 0 Å². The van der Waals surface area contributed by atoms with Crippen LogP contribution in [-0.2, 0) is 13.1 Å². The van der Waals surface area contributed by atoms with Gasteiger partial charge in [0.2, 0.25) is 0 Å². The average Bonchev–Trinajstić information content (AvgIpc) is 3.20. The van der Waals surface area contributed by atoms with Gasteiger partial charge in [0.1, 0.15) is 11.5 Å². The molecule has 0 atom stereocenters. The van der Waals surface area contributed by atoms with E-state index in [1.54, 1.807) is 6.20 Å². The van der Waals surface area contributed by atoms with E-state index in [0.29, 0.717) is 12.1 Å². The van der Waals surface area contributed by atoms with Crippen LogP contribution in [0.3, 0.4) is 0 Å². The van der Waals surface area contributed by atoms with E-state index in [-0.39, 0.29) is 18.3 Å². The summed E-state index contributed by atoms with van der Waals surface area (Å²) in [7, 11) is 0. The molecule has 3 rings (SSSR count). The highest BCUT2D eigenvalue weighted by molar-refractivity contribution is 7.09. The van der Waals surface area contributed by atoms with Gasteiger partial charge in [0.25, 0.3) is 0 Å². The molecule has 0 aliphatic heterocycles. The maximum absolute atomic E-state index is 13.7. The molecule has 2 aromatic heterocycles. The van der Waals surface area contributed by atoms with Crippen molar-refractivity contribution < 1.29 is 13.6 Å². The number of benzene rings is 1. The summed E-state index contributed by atoms with van der Waals surface area (Å²) < 4.78 is 28.0. The summed E-state index contributed by atoms with van der Waals surface area (Å²) in [6.07, 6.45) is 3.08. The molecule has 9 heteroatoms. The summed E-state index contributed by atoms with van der Waals surface area (Å²) in [5.74, 6) is -1.36. The Morgan fingerprint density at radius 2 is 2.08 bits per heavy atom. The number of rotatable bonds is 5. The summed E-state index contributed by atoms with van der Waals surface area (Å²) in [6, 6.07) is 2.91. The molecule has 1 aromatic carbocycles. The summed E-state index contributed by atoms with van der Waals surface area (Å²) >= 11 is 1.52. The van der Waals surface area contributed by atoms with Gasteiger partial charge in [0.05, 0.1) is 23.4 Å². The van der Waals surface area contributed by atoms with Crippen molar-refractivity contribution in [2.45, 2.75) is 20.0 Å². The predicted molar refractivity (Wildman–Crippen MR) is 89.4 cm³/mol. The van der Waals surface area contributed by atoms with Crippen molar-refractivity contribution in [1.82, 2.24) is 25.4 Å². The van der Waals surface area contributed by atoms with Gasteiger partial charge in [-0.3, -0.25) is 0 Å². The van der Waals surface area contributed by atoms with E-state index < -0.39 is 11.6 Å². The number of nitrogens with zero attached hydrogens (tertiary/aromatic N) is 3. The van der Waals surface area contributed by atoms with Gasteiger partial charge in [0.15, 0.2) is 5.82 Å². The van der Waals surface area contributed by atoms with Gasteiger partial charge in [-0.1, -0.05) is 0 Å². The standard InChI is InChI=1S/C16H15F2N5OS/c1-10-22-13(9-25-10)7-20-16(24)19-5-11-6-21-23(8-11)15-3-2-12(17)4-14(15)18/h2-4,6,8-9H,5,7H2,1H3,(H2,19,20,24). The third kappa shape index (κ3) is 4.38. The molecule has 2 N–H and O–H groups in total. The molecule has 6 nitrogen and oxygen atoms in total. The Balaban J connectivity index is 1.53. The lowest BCUT2D eigenvalue weighted by Crippen LogP contribution is -2.34. The Kier molecular flexibility index (Phi) is 5.03. The Morgan fingerprint density at radius 1 is 1.28 bits per heavy atom. The molecular formula is C16H15F2N5OS. The van der Waals surface area contributed by atoms with Crippen LogP contribution in [0.4, 0.5) is 13.6 Å². The Hall–Kier alpha value is -2.81. The van der Waals surface area contributed by atoms with Gasteiger partial charge in [-0.05, 0) is 19.1 Å². The number of amides is 2. The first-order chi connectivity index (χ1) is 12.0. The number of aromatic nitrogens is 3. The van der Waals surface area contributed by atoms with E-state index >= 15 is 0 Å². The highest BCUT2D eigenvalue weighted by atomic mass is 32.1. The minimum Gasteiger partial charge on any atom is -0.334 e. The van der Waals surface area contributed by atoms with E-state index in [0.717, 1.165) is 22.8 Å². The number of hydrogen-bond donors (Lipinski definition) is 2. The molecule has 0 bridgehead atoms. The smallest absolute Gasteiger partial charge is 0.315 e. The molecule has 0 spiro atoms. The van der Waals surface area contributed by atoms with Crippen LogP contribution >= 0.6 is 11.3 Å². The van der Waals surface area contributed by atoms with Crippen LogP contribution in [-0.4, -0.2) is 20.8 Å². The molecule has 130 valence electrons. The maximum atomic E-state index is 13.7. The minimum atomic E-state index is -0.709. The zero-order valence-corrected chi connectivity index (χ0v) is 14.1. The lowest BCUT2D eigenvalue weighted by Gasteiger charge is -2.05. The largest absolute Gasteiger partial charge is 0.334 e. The molecule has 0 aliphatic carbocycles. The fourth-order valence-electron chi connectivity index (χ4n) is 2.16. The summed E-state index contributed by atoms with van der Waals surface area (Å²) in [4.78, 5) is 16.0. The molecule has 2 amide bonds. The number of thiazole rings is 1. The molecule has 0 saturated heterocycles. The van der Waals surface area contributed by atoms with Gasteiger partial charge in [-0.15, -0.1) is 11.3 Å². The van der Waals surface area contributed by atoms with E-state index in [1.807, 2.05) is 12.3 Å². The topological polar surface area (TPSA) is 71.8 Å². The number of nitrogens with one attached hydrogen (secondary N) is 2. The van der Waals surface area contributed by atoms with Crippen LogP contribution < -0.4 is 10.6 Å². The third-order valence-electron chi connectivity index (χ3n) is 3.34. The summed E-state index contributed by atoms with van der Waals surface area (Å²) in [5.41, 5.74) is 1.62. The van der Waals surface area contributed by atoms with E-state index in [4.69, 9.17) is 0 Å². The summed E-state index contributed by atoms with van der Waals surface area (Å²) in [6.45, 7) is 2.47. The van der Waals surface area contributed by atoms with Crippen LogP contribution in [0.5, 0.6) is 0 Å². The normalized spacial score (nSPS) is 10.7.